The van der Waals surface area contributed by atoms with Crippen molar-refractivity contribution in [3.05, 3.63) is 60.2 Å². The molecule has 3 heterocycles. The molecule has 0 N–H and O–H groups in total. The third-order valence-corrected chi connectivity index (χ3v) is 5.29. The third kappa shape index (κ3) is 4.03. The Morgan fingerprint density at radius 3 is 2.96 bits per heavy atom. The van der Waals surface area contributed by atoms with Crippen LogP contribution in [0.5, 0.6) is 5.75 Å². The van der Waals surface area contributed by atoms with Gasteiger partial charge in [-0.15, -0.1) is 10.2 Å². The van der Waals surface area contributed by atoms with Crippen LogP contribution in [0.15, 0.2) is 43.0 Å². The molecule has 1 aliphatic heterocycles. The molecule has 0 amide bonds. The van der Waals surface area contributed by atoms with E-state index in [2.05, 4.69) is 49.9 Å². The van der Waals surface area contributed by atoms with Gasteiger partial charge in [0.25, 0.3) is 0 Å². The molecular formula is C20H26N6O. The standard InChI is InChI=1S/C20H26N6O/c1-24-19(14-26-10-8-21-15-26)22-23-20(24)17-6-4-9-25(13-17)12-16-5-3-7-18(11-16)27-2/h3,5,7-8,10-11,15,17H,4,6,9,12-14H2,1-2H3/t17-/m0/s1. The van der Waals surface area contributed by atoms with Gasteiger partial charge in [0.2, 0.25) is 0 Å². The first-order chi connectivity index (χ1) is 13.2. The summed E-state index contributed by atoms with van der Waals surface area (Å²) in [5.74, 6) is 3.38. The molecule has 7 heteroatoms. The smallest absolute Gasteiger partial charge is 0.152 e. The lowest BCUT2D eigenvalue weighted by Crippen LogP contribution is -2.34. The molecule has 0 unspecified atom stereocenters. The predicted molar refractivity (Wildman–Crippen MR) is 103 cm³/mol. The molecule has 1 aliphatic rings. The van der Waals surface area contributed by atoms with Crippen LogP contribution >= 0.6 is 0 Å². The molecule has 142 valence electrons. The zero-order valence-electron chi connectivity index (χ0n) is 16.0. The lowest BCUT2D eigenvalue weighted by atomic mass is 9.96. The molecule has 0 saturated carbocycles. The van der Waals surface area contributed by atoms with Gasteiger partial charge in [0.1, 0.15) is 11.6 Å². The van der Waals surface area contributed by atoms with Crippen LogP contribution in [-0.2, 0) is 20.1 Å². The maximum atomic E-state index is 5.35. The zero-order chi connectivity index (χ0) is 18.6. The molecule has 0 radical (unpaired) electrons. The molecule has 2 aromatic heterocycles. The fourth-order valence-corrected chi connectivity index (χ4v) is 3.85. The number of methoxy groups -OCH3 is 1. The van der Waals surface area contributed by atoms with Gasteiger partial charge in [-0.2, -0.15) is 0 Å². The Labute approximate surface area is 159 Å². The lowest BCUT2D eigenvalue weighted by Gasteiger charge is -2.32. The maximum absolute atomic E-state index is 5.35. The quantitative estimate of drug-likeness (QED) is 0.671. The van der Waals surface area contributed by atoms with Gasteiger partial charge in [0.15, 0.2) is 5.82 Å². The Hall–Kier alpha value is -2.67. The topological polar surface area (TPSA) is 61.0 Å². The monoisotopic (exact) mass is 366 g/mol. The second-order valence-electron chi connectivity index (χ2n) is 7.19. The van der Waals surface area contributed by atoms with E-state index in [0.717, 1.165) is 43.5 Å². The molecule has 7 nitrogen and oxygen atoms in total. The molecular weight excluding hydrogens is 340 g/mol. The first-order valence-corrected chi connectivity index (χ1v) is 9.42. The number of benzene rings is 1. The van der Waals surface area contributed by atoms with Gasteiger partial charge in [-0.3, -0.25) is 4.90 Å². The summed E-state index contributed by atoms with van der Waals surface area (Å²) in [5, 5.41) is 8.95. The number of hydrogen-bond donors (Lipinski definition) is 0. The lowest BCUT2D eigenvalue weighted by molar-refractivity contribution is 0.195. The average Bonchev–Trinajstić information content (AvgIpc) is 3.33. The second kappa shape index (κ2) is 7.92. The van der Waals surface area contributed by atoms with Crippen molar-refractivity contribution < 1.29 is 4.74 Å². The van der Waals surface area contributed by atoms with Crippen LogP contribution in [0, 0.1) is 0 Å². The number of aromatic nitrogens is 5. The van der Waals surface area contributed by atoms with E-state index in [1.54, 1.807) is 13.3 Å². The summed E-state index contributed by atoms with van der Waals surface area (Å²) in [4.78, 5) is 6.60. The molecule has 0 aliphatic carbocycles. The van der Waals surface area contributed by atoms with Gasteiger partial charge < -0.3 is 13.9 Å². The number of rotatable bonds is 6. The maximum Gasteiger partial charge on any atom is 0.152 e. The van der Waals surface area contributed by atoms with Crippen LogP contribution < -0.4 is 4.74 Å². The van der Waals surface area contributed by atoms with E-state index in [0.29, 0.717) is 12.5 Å². The Bertz CT molecular complexity index is 872. The highest BCUT2D eigenvalue weighted by Gasteiger charge is 2.26. The van der Waals surface area contributed by atoms with E-state index in [1.807, 2.05) is 23.2 Å². The molecule has 1 aromatic carbocycles. The van der Waals surface area contributed by atoms with E-state index in [1.165, 1.54) is 12.0 Å². The van der Waals surface area contributed by atoms with E-state index in [9.17, 15) is 0 Å². The van der Waals surface area contributed by atoms with Gasteiger partial charge in [-0.25, -0.2) is 4.98 Å². The highest BCUT2D eigenvalue weighted by atomic mass is 16.5. The summed E-state index contributed by atoms with van der Waals surface area (Å²) in [6.07, 6.45) is 7.88. The van der Waals surface area contributed by atoms with Gasteiger partial charge >= 0.3 is 0 Å². The van der Waals surface area contributed by atoms with Crippen LogP contribution in [0.1, 0.15) is 36.0 Å². The van der Waals surface area contributed by atoms with Gasteiger partial charge in [0, 0.05) is 38.4 Å². The minimum absolute atomic E-state index is 0.415. The van der Waals surface area contributed by atoms with Gasteiger partial charge in [-0.1, -0.05) is 12.1 Å². The second-order valence-corrected chi connectivity index (χ2v) is 7.19. The highest BCUT2D eigenvalue weighted by molar-refractivity contribution is 5.28. The number of ether oxygens (including phenoxy) is 1. The van der Waals surface area contributed by atoms with Crippen molar-refractivity contribution in [2.24, 2.45) is 7.05 Å². The minimum atomic E-state index is 0.415. The SMILES string of the molecule is COc1cccc(CN2CCC[C@H](c3nnc(Cn4ccnc4)n3C)C2)c1. The number of piperidine rings is 1. The van der Waals surface area contributed by atoms with Crippen molar-refractivity contribution in [2.45, 2.75) is 31.8 Å². The number of imidazole rings is 1. The summed E-state index contributed by atoms with van der Waals surface area (Å²) in [5.41, 5.74) is 1.29. The third-order valence-electron chi connectivity index (χ3n) is 5.29. The fourth-order valence-electron chi connectivity index (χ4n) is 3.85. The van der Waals surface area contributed by atoms with Crippen LogP contribution in [-0.4, -0.2) is 49.4 Å². The van der Waals surface area contributed by atoms with Crippen molar-refractivity contribution in [3.63, 3.8) is 0 Å². The van der Waals surface area contributed by atoms with Gasteiger partial charge in [0.05, 0.1) is 20.0 Å². The largest absolute Gasteiger partial charge is 0.497 e. The molecule has 1 saturated heterocycles. The minimum Gasteiger partial charge on any atom is -0.497 e. The molecule has 27 heavy (non-hydrogen) atoms. The van der Waals surface area contributed by atoms with Gasteiger partial charge in [-0.05, 0) is 37.1 Å². The first kappa shape index (κ1) is 17.7. The number of nitrogens with zero attached hydrogens (tertiary/aromatic N) is 6. The highest BCUT2D eigenvalue weighted by Crippen LogP contribution is 2.27. The molecule has 1 atom stereocenters. The number of likely N-dealkylation sites (tertiary alicyclic amines) is 1. The van der Waals surface area contributed by atoms with E-state index in [4.69, 9.17) is 4.74 Å². The van der Waals surface area contributed by atoms with Crippen molar-refractivity contribution in [1.82, 2.24) is 29.2 Å². The summed E-state index contributed by atoms with van der Waals surface area (Å²) in [7, 11) is 3.79. The van der Waals surface area contributed by atoms with Crippen molar-refractivity contribution >= 4 is 0 Å². The average molecular weight is 366 g/mol. The molecule has 0 spiro atoms. The summed E-state index contributed by atoms with van der Waals surface area (Å²) in [6, 6.07) is 8.33. The van der Waals surface area contributed by atoms with Crippen molar-refractivity contribution in [2.75, 3.05) is 20.2 Å². The number of hydrogen-bond acceptors (Lipinski definition) is 5. The van der Waals surface area contributed by atoms with Crippen molar-refractivity contribution in [1.29, 1.82) is 0 Å². The first-order valence-electron chi connectivity index (χ1n) is 9.42. The summed E-state index contributed by atoms with van der Waals surface area (Å²) < 4.78 is 9.52. The van der Waals surface area contributed by atoms with E-state index in [-0.39, 0.29) is 0 Å². The molecule has 0 bridgehead atoms. The zero-order valence-corrected chi connectivity index (χ0v) is 16.0. The summed E-state index contributed by atoms with van der Waals surface area (Å²) in [6.45, 7) is 3.76. The molecule has 1 fully saturated rings. The molecule has 4 rings (SSSR count). The van der Waals surface area contributed by atoms with Crippen LogP contribution in [0.4, 0.5) is 0 Å². The predicted octanol–water partition coefficient (Wildman–Crippen LogP) is 2.45. The Morgan fingerprint density at radius 2 is 2.15 bits per heavy atom. The Kier molecular flexibility index (Phi) is 5.20. The normalized spacial score (nSPS) is 17.9. The Balaban J connectivity index is 1.44. The van der Waals surface area contributed by atoms with Crippen LogP contribution in [0.25, 0.3) is 0 Å². The fraction of sp³-hybridized carbons (Fsp3) is 0.450. The molecule has 3 aromatic rings. The van der Waals surface area contributed by atoms with E-state index >= 15 is 0 Å². The Morgan fingerprint density at radius 1 is 1.22 bits per heavy atom. The van der Waals surface area contributed by atoms with Crippen LogP contribution in [0.3, 0.4) is 0 Å². The van der Waals surface area contributed by atoms with E-state index < -0.39 is 0 Å². The summed E-state index contributed by atoms with van der Waals surface area (Å²) >= 11 is 0. The van der Waals surface area contributed by atoms with Crippen LogP contribution in [0.2, 0.25) is 0 Å². The van der Waals surface area contributed by atoms with Crippen molar-refractivity contribution in [3.8, 4) is 5.75 Å².